The Bertz CT molecular complexity index is 10800. The van der Waals surface area contributed by atoms with E-state index in [-0.39, 0.29) is 5.92 Å². The smallest absolute Gasteiger partial charge is 0.143 e. The summed E-state index contributed by atoms with van der Waals surface area (Å²) in [6, 6.07) is 188. The summed E-state index contributed by atoms with van der Waals surface area (Å²) in [5, 5.41) is 19.3. The van der Waals surface area contributed by atoms with Gasteiger partial charge in [0.15, 0.2) is 0 Å². The minimum Gasteiger partial charge on any atom is -0.456 e. The Morgan fingerprint density at radius 3 is 1.03 bits per heavy atom. The quantitative estimate of drug-likeness (QED) is 0.130. The molecule has 0 aliphatic heterocycles. The predicted molar refractivity (Wildman–Crippen MR) is 613 cm³/mol. The number of furan rings is 3. The van der Waals surface area contributed by atoms with Gasteiger partial charge in [-0.15, -0.1) is 0 Å². The molecule has 32 rings (SSSR count). The van der Waals surface area contributed by atoms with Crippen molar-refractivity contribution in [3.63, 3.8) is 0 Å². The molecule has 8 aromatic heterocycles. The molecule has 1 aliphatic carbocycles. The molecule has 1 atom stereocenters. The van der Waals surface area contributed by atoms with Crippen molar-refractivity contribution in [2.45, 2.75) is 5.92 Å². The van der Waals surface area contributed by atoms with E-state index in [0.29, 0.717) is 0 Å². The van der Waals surface area contributed by atoms with E-state index >= 15 is 0 Å². The molecule has 147 heavy (non-hydrogen) atoms. The first-order valence-corrected chi connectivity index (χ1v) is 50.4. The second kappa shape index (κ2) is 33.6. The van der Waals surface area contributed by atoms with E-state index in [1.165, 1.54) is 182 Å². The molecule has 8 heteroatoms. The second-order valence-corrected chi connectivity index (χ2v) is 38.7. The molecule has 0 spiro atoms. The van der Waals surface area contributed by atoms with Gasteiger partial charge in [0.1, 0.15) is 33.5 Å². The maximum atomic E-state index is 6.55. The largest absolute Gasteiger partial charge is 0.456 e. The van der Waals surface area contributed by atoms with Crippen LogP contribution in [0.1, 0.15) is 22.6 Å². The summed E-state index contributed by atoms with van der Waals surface area (Å²) in [5.41, 5.74) is 41.5. The highest BCUT2D eigenvalue weighted by Gasteiger charge is 2.32. The lowest BCUT2D eigenvalue weighted by molar-refractivity contribution is 0.668. The van der Waals surface area contributed by atoms with Crippen LogP contribution in [0.5, 0.6) is 0 Å². The Balaban J connectivity index is 0.000000102. The highest BCUT2D eigenvalue weighted by atomic mass is 16.3. The van der Waals surface area contributed by atoms with Gasteiger partial charge >= 0.3 is 0 Å². The van der Waals surface area contributed by atoms with Crippen LogP contribution >= 0.6 is 0 Å². The minimum absolute atomic E-state index is 0.252. The van der Waals surface area contributed by atoms with Gasteiger partial charge in [-0.25, -0.2) is 0 Å². The molecule has 8 nitrogen and oxygen atoms in total. The lowest BCUT2D eigenvalue weighted by Gasteiger charge is -2.15. The van der Waals surface area contributed by atoms with Crippen LogP contribution in [0.2, 0.25) is 0 Å². The third-order valence-corrected chi connectivity index (χ3v) is 30.7. The molecule has 1 aliphatic rings. The lowest BCUT2D eigenvalue weighted by atomic mass is 9.89. The van der Waals surface area contributed by atoms with Crippen molar-refractivity contribution in [2.75, 3.05) is 0 Å². The summed E-state index contributed by atoms with van der Waals surface area (Å²) >= 11 is 0. The Hall–Kier alpha value is -19.5. The highest BCUT2D eigenvalue weighted by Crippen LogP contribution is 2.52. The first-order valence-electron chi connectivity index (χ1n) is 50.4. The summed E-state index contributed by atoms with van der Waals surface area (Å²) < 4.78 is 31.2. The van der Waals surface area contributed by atoms with Crippen molar-refractivity contribution < 1.29 is 13.3 Å². The SMILES string of the molecule is c1ccc(-n2c3ccccc3c3cc(-c4ccc5c6ccccc6n(-c6ccccc6-c6ccc7c(c6)oc6ccccc67)c5c4)ccc32)cc1.c1ccc(-n2c3ccccc3c3cc(-c4ccc5c6ccccc6n(-c6ccccc6-c6cccc7c6oc6ccccc67)c5c4)ccc32)cc1.c1ccc(C2c3ccccc3-c3cc(-c4ccc5c6ccccc6n(-c6cccc7oc8ccccc8c67)c5c4)ccc32)cc1. The molecule has 0 saturated heterocycles. The first kappa shape index (κ1) is 83.3. The molecule has 31 aromatic rings. The Kier molecular flexibility index (Phi) is 19.0. The van der Waals surface area contributed by atoms with Gasteiger partial charge in [0, 0.05) is 115 Å². The van der Waals surface area contributed by atoms with Crippen molar-refractivity contribution in [3.05, 3.63) is 538 Å². The van der Waals surface area contributed by atoms with Gasteiger partial charge in [-0.2, -0.15) is 0 Å². The zero-order valence-corrected chi connectivity index (χ0v) is 79.7. The fraction of sp³-hybridized carbons (Fsp3) is 0.00719. The van der Waals surface area contributed by atoms with E-state index in [9.17, 15) is 0 Å². The van der Waals surface area contributed by atoms with Crippen LogP contribution in [0.4, 0.5) is 0 Å². The van der Waals surface area contributed by atoms with Gasteiger partial charge in [-0.3, -0.25) is 0 Å². The number of hydrogen-bond donors (Lipinski definition) is 0. The Labute approximate surface area is 844 Å². The van der Waals surface area contributed by atoms with Crippen LogP contribution in [-0.2, 0) is 0 Å². The maximum absolute atomic E-state index is 6.55. The van der Waals surface area contributed by atoms with Crippen LogP contribution in [0, 0.1) is 0 Å². The number of aromatic nitrogens is 5. The van der Waals surface area contributed by atoms with Crippen molar-refractivity contribution >= 4 is 175 Å². The van der Waals surface area contributed by atoms with Crippen molar-refractivity contribution in [1.82, 2.24) is 22.8 Å². The number of benzene rings is 23. The molecule has 1 unspecified atom stereocenters. The van der Waals surface area contributed by atoms with E-state index in [1.54, 1.807) is 0 Å². The van der Waals surface area contributed by atoms with Crippen LogP contribution in [0.25, 0.3) is 270 Å². The molecular weight excluding hydrogens is 1790 g/mol. The van der Waals surface area contributed by atoms with E-state index in [2.05, 4.69) is 520 Å². The molecule has 0 fully saturated rings. The second-order valence-electron chi connectivity index (χ2n) is 38.7. The first-order chi connectivity index (χ1) is 72.9. The number of fused-ring (bicyclic) bond motifs is 27. The molecule has 23 aromatic carbocycles. The molecule has 0 amide bonds. The van der Waals surface area contributed by atoms with Gasteiger partial charge in [-0.1, -0.05) is 364 Å². The molecule has 0 bridgehead atoms. The molecule has 8 heterocycles. The zero-order valence-electron chi connectivity index (χ0n) is 79.7. The minimum atomic E-state index is 0.252. The summed E-state index contributed by atoms with van der Waals surface area (Å²) in [6.45, 7) is 0. The van der Waals surface area contributed by atoms with Crippen LogP contribution in [0.3, 0.4) is 0 Å². The van der Waals surface area contributed by atoms with Gasteiger partial charge in [0.2, 0.25) is 0 Å². The maximum Gasteiger partial charge on any atom is 0.143 e. The van der Waals surface area contributed by atoms with Crippen molar-refractivity contribution in [1.29, 1.82) is 0 Å². The van der Waals surface area contributed by atoms with Crippen molar-refractivity contribution in [3.8, 4) is 95.2 Å². The third-order valence-electron chi connectivity index (χ3n) is 30.7. The normalized spacial score (nSPS) is 12.6. The third kappa shape index (κ3) is 13.3. The average molecular weight is 1880 g/mol. The number of rotatable bonds is 11. The number of nitrogens with zero attached hydrogens (tertiary/aromatic N) is 5. The van der Waals surface area contributed by atoms with Gasteiger partial charge in [-0.05, 0) is 224 Å². The van der Waals surface area contributed by atoms with E-state index < -0.39 is 0 Å². The lowest BCUT2D eigenvalue weighted by Crippen LogP contribution is -1.98. The van der Waals surface area contributed by atoms with Crippen LogP contribution in [0.15, 0.2) is 535 Å². The van der Waals surface area contributed by atoms with E-state index in [4.69, 9.17) is 13.3 Å². The monoisotopic (exact) mass is 1870 g/mol. The molecule has 686 valence electrons. The summed E-state index contributed by atoms with van der Waals surface area (Å²) in [7, 11) is 0. The number of para-hydroxylation sites is 13. The van der Waals surface area contributed by atoms with Crippen LogP contribution < -0.4 is 0 Å². The van der Waals surface area contributed by atoms with E-state index in [0.717, 1.165) is 105 Å². The summed E-state index contributed by atoms with van der Waals surface area (Å²) in [6.07, 6.45) is 0. The molecular formula is C139H87N5O3. The fourth-order valence-corrected chi connectivity index (χ4v) is 24.2. The number of hydrogen-bond acceptors (Lipinski definition) is 3. The Morgan fingerprint density at radius 1 is 0.150 bits per heavy atom. The zero-order chi connectivity index (χ0) is 96.4. The molecule has 0 saturated carbocycles. The summed E-state index contributed by atoms with van der Waals surface area (Å²) in [5.74, 6) is 0.252. The predicted octanol–water partition coefficient (Wildman–Crippen LogP) is 37.7. The molecule has 0 radical (unpaired) electrons. The topological polar surface area (TPSA) is 64.1 Å². The van der Waals surface area contributed by atoms with Gasteiger partial charge in [0.25, 0.3) is 0 Å². The van der Waals surface area contributed by atoms with E-state index in [1.807, 2.05) is 24.3 Å². The average Bonchev–Trinajstić information content (AvgIpc) is 1.57. The Morgan fingerprint density at radius 2 is 0.476 bits per heavy atom. The summed E-state index contributed by atoms with van der Waals surface area (Å²) in [4.78, 5) is 0. The molecule has 0 N–H and O–H groups in total. The van der Waals surface area contributed by atoms with Crippen LogP contribution in [-0.4, -0.2) is 22.8 Å². The highest BCUT2D eigenvalue weighted by molar-refractivity contribution is 6.20. The van der Waals surface area contributed by atoms with Crippen molar-refractivity contribution in [2.24, 2.45) is 0 Å². The standard InChI is InChI=1S/2C48H30N2O.C43H27NO/c1-2-13-33(14-3-1)49-42-21-8-6-17-36(42)41-29-31(26-28-45(41)49)32-25-27-37-34-15-4-9-22-43(34)50(46(37)30-32)44-23-10-5-16-35(44)39-19-12-20-40-38-18-7-11-24-47(38)51-48(39)40;1-2-12-34(13-3-1)49-43-19-9-6-16-37(43)41-28-31(24-27-45(41)49)32-22-25-38-36-15-5-10-20-44(36)50(46(38)29-32)42-18-8-4-14-35(42)33-23-26-40-39-17-7-11-21-47(39)51-48(40)30-33;1-2-11-27(12-3-1)42-33-15-5-4-13-30(33)36-25-28(22-24-34(36)42)29-21-23-32-31-14-6-8-17-37(31)44(39(32)26-29)38-18-10-20-41-43(38)35-16-7-9-19-40(35)45-41/h2*1-30H;1-26,42H. The fourth-order valence-electron chi connectivity index (χ4n) is 24.2. The van der Waals surface area contributed by atoms with Gasteiger partial charge in [0.05, 0.1) is 77.6 Å². The van der Waals surface area contributed by atoms with Gasteiger partial charge < -0.3 is 36.1 Å².